The molecule has 0 fully saturated rings. The van der Waals surface area contributed by atoms with Crippen LogP contribution in [0.2, 0.25) is 0 Å². The second-order valence-corrected chi connectivity index (χ2v) is 25.5. The molecule has 13 rings (SSSR count). The van der Waals surface area contributed by atoms with Crippen LogP contribution >= 0.6 is 0 Å². The van der Waals surface area contributed by atoms with Crippen LogP contribution in [0.4, 0.5) is 0 Å². The Bertz CT molecular complexity index is 4540. The third-order valence-electron chi connectivity index (χ3n) is 17.4. The van der Waals surface area contributed by atoms with Gasteiger partial charge in [-0.05, 0) is 190 Å². The summed E-state index contributed by atoms with van der Waals surface area (Å²) in [5, 5.41) is 10.4. The number of benzene rings is 11. The summed E-state index contributed by atoms with van der Waals surface area (Å²) in [5.74, 6) is 0. The molecular weight excluding hydrogens is 965 g/mol. The third-order valence-corrected chi connectivity index (χ3v) is 17.4. The first-order valence-corrected chi connectivity index (χ1v) is 29.0. The Morgan fingerprint density at radius 2 is 0.487 bits per heavy atom. The number of nitrogens with zero attached hydrogens (tertiary/aromatic N) is 2. The van der Waals surface area contributed by atoms with Crippen molar-refractivity contribution in [3.8, 4) is 66.8 Å². The lowest BCUT2D eigenvalue weighted by Gasteiger charge is -2.23. The predicted octanol–water partition coefficient (Wildman–Crippen LogP) is 22.1. The van der Waals surface area contributed by atoms with E-state index in [1.807, 2.05) is 0 Å². The van der Waals surface area contributed by atoms with Crippen molar-refractivity contribution in [1.82, 2.24) is 9.13 Å². The van der Waals surface area contributed by atoms with E-state index in [1.165, 1.54) is 149 Å². The zero-order valence-electron chi connectivity index (χ0n) is 48.5. The Labute approximate surface area is 473 Å². The van der Waals surface area contributed by atoms with Crippen LogP contribution < -0.4 is 0 Å². The molecular formula is C78H72N2. The van der Waals surface area contributed by atoms with Gasteiger partial charge in [0.2, 0.25) is 0 Å². The molecule has 0 aliphatic rings. The van der Waals surface area contributed by atoms with Crippen molar-refractivity contribution in [3.63, 3.8) is 0 Å². The van der Waals surface area contributed by atoms with E-state index in [0.717, 1.165) is 13.1 Å². The van der Waals surface area contributed by atoms with Crippen molar-refractivity contribution in [3.05, 3.63) is 229 Å². The van der Waals surface area contributed by atoms with Gasteiger partial charge in [-0.15, -0.1) is 0 Å². The molecule has 0 aliphatic carbocycles. The largest absolute Gasteiger partial charge is 0.341 e. The summed E-state index contributed by atoms with van der Waals surface area (Å²) in [6.45, 7) is 27.1. The van der Waals surface area contributed by atoms with Crippen molar-refractivity contribution >= 4 is 65.2 Å². The molecule has 2 heterocycles. The zero-order chi connectivity index (χ0) is 55.4. The smallest absolute Gasteiger partial charge is 0.0491 e. The number of hydrogen-bond donors (Lipinski definition) is 0. The first-order valence-electron chi connectivity index (χ1n) is 29.0. The Hall–Kier alpha value is -8.46. The molecule has 0 atom stereocenters. The number of fused-ring (bicyclic) bond motifs is 8. The molecule has 2 aromatic heterocycles. The lowest BCUT2D eigenvalue weighted by molar-refractivity contribution is 0.591. The molecule has 0 N–H and O–H groups in total. The van der Waals surface area contributed by atoms with E-state index in [2.05, 4.69) is 298 Å². The number of aryl methyl sites for hydroxylation is 2. The van der Waals surface area contributed by atoms with Crippen LogP contribution in [0.3, 0.4) is 0 Å². The van der Waals surface area contributed by atoms with E-state index >= 15 is 0 Å². The molecule has 2 nitrogen and oxygen atoms in total. The van der Waals surface area contributed by atoms with Gasteiger partial charge < -0.3 is 9.13 Å². The minimum Gasteiger partial charge on any atom is -0.341 e. The zero-order valence-corrected chi connectivity index (χ0v) is 48.5. The van der Waals surface area contributed by atoms with Gasteiger partial charge in [0.15, 0.2) is 0 Å². The maximum absolute atomic E-state index is 2.46. The molecule has 0 radical (unpaired) electrons. The van der Waals surface area contributed by atoms with E-state index in [-0.39, 0.29) is 16.2 Å². The van der Waals surface area contributed by atoms with E-state index < -0.39 is 0 Å². The van der Waals surface area contributed by atoms with Crippen molar-refractivity contribution < 1.29 is 0 Å². The average molecular weight is 1040 g/mol. The summed E-state index contributed by atoms with van der Waals surface area (Å²) in [7, 11) is 0. The summed E-state index contributed by atoms with van der Waals surface area (Å²) < 4.78 is 4.90. The molecule has 0 spiro atoms. The minimum atomic E-state index is -0.0151. The van der Waals surface area contributed by atoms with Crippen molar-refractivity contribution in [1.29, 1.82) is 0 Å². The molecule has 0 saturated heterocycles. The number of aromatic nitrogens is 2. The Kier molecular flexibility index (Phi) is 12.2. The fraction of sp³-hybridized carbons (Fsp3) is 0.205. The fourth-order valence-electron chi connectivity index (χ4n) is 12.8. The first kappa shape index (κ1) is 51.0. The highest BCUT2D eigenvalue weighted by Gasteiger charge is 2.23. The predicted molar refractivity (Wildman–Crippen MR) is 348 cm³/mol. The maximum atomic E-state index is 2.46. The summed E-state index contributed by atoms with van der Waals surface area (Å²) in [6, 6.07) is 81.2. The molecule has 0 bridgehead atoms. The molecule has 2 heteroatoms. The Morgan fingerprint density at radius 1 is 0.237 bits per heavy atom. The normalized spacial score (nSPS) is 12.5. The molecule has 80 heavy (non-hydrogen) atoms. The highest BCUT2D eigenvalue weighted by molar-refractivity contribution is 6.22. The summed E-state index contributed by atoms with van der Waals surface area (Å²) in [4.78, 5) is 0. The van der Waals surface area contributed by atoms with E-state index in [4.69, 9.17) is 0 Å². The second kappa shape index (κ2) is 19.1. The van der Waals surface area contributed by atoms with E-state index in [0.29, 0.717) is 0 Å². The molecule has 11 aromatic carbocycles. The van der Waals surface area contributed by atoms with Crippen molar-refractivity contribution in [2.45, 2.75) is 105 Å². The topological polar surface area (TPSA) is 9.86 Å². The lowest BCUT2D eigenvalue weighted by atomic mass is 9.81. The third kappa shape index (κ3) is 8.72. The lowest BCUT2D eigenvalue weighted by Crippen LogP contribution is -2.10. The van der Waals surface area contributed by atoms with Gasteiger partial charge in [0, 0.05) is 56.7 Å². The quantitative estimate of drug-likeness (QED) is 0.134. The van der Waals surface area contributed by atoms with Crippen molar-refractivity contribution in [2.75, 3.05) is 0 Å². The van der Waals surface area contributed by atoms with Gasteiger partial charge in [-0.25, -0.2) is 0 Å². The van der Waals surface area contributed by atoms with Crippen LogP contribution in [0.25, 0.3) is 132 Å². The van der Waals surface area contributed by atoms with Crippen LogP contribution in [0.15, 0.2) is 212 Å². The number of hydrogen-bond acceptors (Lipinski definition) is 0. The van der Waals surface area contributed by atoms with Gasteiger partial charge in [-0.2, -0.15) is 0 Å². The minimum absolute atomic E-state index is 0.0151. The van der Waals surface area contributed by atoms with E-state index in [9.17, 15) is 0 Å². The fourth-order valence-corrected chi connectivity index (χ4v) is 12.8. The van der Waals surface area contributed by atoms with Gasteiger partial charge in [-0.3, -0.25) is 0 Å². The molecule has 13 aromatic rings. The van der Waals surface area contributed by atoms with Gasteiger partial charge in [-0.1, -0.05) is 220 Å². The van der Waals surface area contributed by atoms with E-state index in [1.54, 1.807) is 0 Å². The highest BCUT2D eigenvalue weighted by Crippen LogP contribution is 2.46. The van der Waals surface area contributed by atoms with Crippen LogP contribution in [-0.2, 0) is 29.3 Å². The molecule has 0 saturated carbocycles. The molecule has 0 amide bonds. The summed E-state index contributed by atoms with van der Waals surface area (Å²) in [6.07, 6.45) is 0. The van der Waals surface area contributed by atoms with Gasteiger partial charge in [0.25, 0.3) is 0 Å². The second-order valence-electron chi connectivity index (χ2n) is 25.5. The van der Waals surface area contributed by atoms with Gasteiger partial charge >= 0.3 is 0 Å². The molecule has 0 unspecified atom stereocenters. The Balaban J connectivity index is 0.819. The maximum Gasteiger partial charge on any atom is 0.0491 e. The molecule has 394 valence electrons. The summed E-state index contributed by atoms with van der Waals surface area (Å²) in [5.41, 5.74) is 24.2. The Morgan fingerprint density at radius 3 is 0.825 bits per heavy atom. The van der Waals surface area contributed by atoms with Gasteiger partial charge in [0.1, 0.15) is 0 Å². The van der Waals surface area contributed by atoms with Crippen LogP contribution in [0.5, 0.6) is 0 Å². The monoisotopic (exact) mass is 1040 g/mol. The summed E-state index contributed by atoms with van der Waals surface area (Å²) >= 11 is 0. The van der Waals surface area contributed by atoms with Crippen LogP contribution in [0.1, 0.15) is 92.9 Å². The first-order chi connectivity index (χ1) is 38.4. The number of rotatable bonds is 8. The standard InChI is InChI=1S/C78H72N2/c1-12-79-70-40-34-57(44-65(70)67-46-60(77(6,7)8)37-42-72(67)79)53-22-18-49(19-23-53)51-26-30-55(31-27-51)74-62-16-14-15-17-63(62)75(69-48-59(76(3,4)5)36-39-64(69)74)56-32-28-52(29-33-56)50-20-24-54(25-21-50)58-35-41-71-66(45-58)68-47-61(78(9,10)11)38-43-73(68)80(71)13-2/h14-48H,12-13H2,1-11H3. The SMILES string of the molecule is CCn1c2ccc(-c3ccc(-c4ccc(-c5c6ccccc6c(-c6ccc(-c7ccc(-c8ccc9c(c8)c8cc(C(C)(C)C)ccc8n9CC)cc7)cc6)c6cc(C(C)(C)C)ccc56)cc4)cc3)cc2c2cc(C(C)(C)C)ccc21. The van der Waals surface area contributed by atoms with Crippen LogP contribution in [-0.4, -0.2) is 9.13 Å². The highest BCUT2D eigenvalue weighted by atomic mass is 15.0. The molecule has 0 aliphatic heterocycles. The average Bonchev–Trinajstić information content (AvgIpc) is 3.97. The van der Waals surface area contributed by atoms with Crippen molar-refractivity contribution in [2.24, 2.45) is 0 Å². The van der Waals surface area contributed by atoms with Crippen LogP contribution in [0, 0.1) is 0 Å². The van der Waals surface area contributed by atoms with Gasteiger partial charge in [0.05, 0.1) is 0 Å².